The molecular weight excluding hydrogens is 785 g/mol. The number of unbranched alkanes of at least 4 members (excludes halogenated alkanes) is 42. The third-order valence-electron chi connectivity index (χ3n) is 15.0. The maximum atomic E-state index is 13.4. The third-order valence-corrected chi connectivity index (χ3v) is 15.0. The molecule has 0 fully saturated rings. The lowest BCUT2D eigenvalue weighted by atomic mass is 9.71. The maximum Gasteiger partial charge on any atom is 0.331 e. The Hall–Kier alpha value is -1.32. The van der Waals surface area contributed by atoms with E-state index in [-0.39, 0.29) is 11.8 Å². The zero-order valence-corrected chi connectivity index (χ0v) is 44.4. The molecule has 0 spiro atoms. The van der Waals surface area contributed by atoms with Crippen LogP contribution in [0, 0.1) is 11.8 Å². The van der Waals surface area contributed by atoms with E-state index in [1.807, 2.05) is 0 Å². The van der Waals surface area contributed by atoms with E-state index >= 15 is 0 Å². The fraction of sp³-hybridized carbons (Fsp3) is 0.933. The average Bonchev–Trinajstić information content (AvgIpc) is 3.28. The Balaban J connectivity index is 5.07. The quantitative estimate of drug-likeness (QED) is 0.0375. The number of carboxylic acids is 1. The van der Waals surface area contributed by atoms with Gasteiger partial charge in [-0.15, -0.1) is 0 Å². The topological polar surface area (TPSA) is 63.6 Å². The van der Waals surface area contributed by atoms with Crippen molar-refractivity contribution in [2.75, 3.05) is 0 Å². The molecule has 1 N–H and O–H groups in total. The summed E-state index contributed by atoms with van der Waals surface area (Å²) in [5.41, 5.74) is -0.553. The van der Waals surface area contributed by atoms with Crippen LogP contribution in [0.4, 0.5) is 0 Å². The highest BCUT2D eigenvalue weighted by atomic mass is 16.6. The molecule has 0 aromatic heterocycles. The van der Waals surface area contributed by atoms with Crippen molar-refractivity contribution in [1.82, 2.24) is 0 Å². The highest BCUT2D eigenvalue weighted by Crippen LogP contribution is 2.41. The fourth-order valence-corrected chi connectivity index (χ4v) is 10.5. The number of carbonyl (C=O) groups is 2. The van der Waals surface area contributed by atoms with Gasteiger partial charge in [0.25, 0.3) is 0 Å². The number of hydrogen-bond donors (Lipinski definition) is 1. The third kappa shape index (κ3) is 40.9. The van der Waals surface area contributed by atoms with Crippen molar-refractivity contribution in [2.24, 2.45) is 11.8 Å². The summed E-state index contributed by atoms with van der Waals surface area (Å²) in [5.74, 6) is -1.08. The van der Waals surface area contributed by atoms with Crippen molar-refractivity contribution < 1.29 is 19.4 Å². The summed E-state index contributed by atoms with van der Waals surface area (Å²) < 4.78 is 6.59. The molecule has 380 valence electrons. The van der Waals surface area contributed by atoms with Gasteiger partial charge in [-0.3, -0.25) is 0 Å². The maximum absolute atomic E-state index is 13.4. The summed E-state index contributed by atoms with van der Waals surface area (Å²) in [7, 11) is 0. The van der Waals surface area contributed by atoms with Crippen LogP contribution < -0.4 is 0 Å². The lowest BCUT2D eigenvalue weighted by molar-refractivity contribution is -0.171. The Kier molecular flexibility index (Phi) is 48.6. The van der Waals surface area contributed by atoms with Gasteiger partial charge in [-0.2, -0.15) is 0 Å². The molecular formula is C60H116O4. The normalized spacial score (nSPS) is 13.7. The van der Waals surface area contributed by atoms with Gasteiger partial charge in [-0.05, 0) is 37.5 Å². The van der Waals surface area contributed by atoms with Crippen LogP contribution in [0.15, 0.2) is 12.2 Å². The molecule has 0 saturated heterocycles. The van der Waals surface area contributed by atoms with Crippen molar-refractivity contribution in [1.29, 1.82) is 0 Å². The van der Waals surface area contributed by atoms with Gasteiger partial charge >= 0.3 is 11.9 Å². The summed E-state index contributed by atoms with van der Waals surface area (Å²) in [6.07, 6.45) is 66.1. The standard InChI is InChI=1S/C60H116O4/c1-6-9-12-15-18-21-24-27-30-31-32-35-38-41-44-47-50-55-60(64-59(63)54-53-58(61)62,56(4)51-48-45-42-39-36-33-28-25-22-19-16-13-10-7-2)57(5)52-49-46-43-40-37-34-29-26-23-20-17-14-11-8-3/h53-54,56-57H,6-52,55H2,1-5H3,(H,61,62). The van der Waals surface area contributed by atoms with Crippen LogP contribution >= 0.6 is 0 Å². The lowest BCUT2D eigenvalue weighted by Crippen LogP contribution is -2.47. The zero-order chi connectivity index (χ0) is 46.9. The molecule has 2 unspecified atom stereocenters. The molecule has 0 amide bonds. The van der Waals surface area contributed by atoms with Gasteiger partial charge in [-0.1, -0.05) is 317 Å². The molecule has 0 aliphatic rings. The van der Waals surface area contributed by atoms with Gasteiger partial charge < -0.3 is 9.84 Å². The molecule has 0 heterocycles. The molecule has 0 aromatic carbocycles. The van der Waals surface area contributed by atoms with Crippen molar-refractivity contribution in [3.05, 3.63) is 12.2 Å². The molecule has 0 aromatic rings. The Labute approximate surface area is 402 Å². The van der Waals surface area contributed by atoms with Gasteiger partial charge in [0.05, 0.1) is 0 Å². The number of rotatable bonds is 53. The van der Waals surface area contributed by atoms with Crippen molar-refractivity contribution in [3.63, 3.8) is 0 Å². The van der Waals surface area contributed by atoms with Crippen LogP contribution in [0.25, 0.3) is 0 Å². The van der Waals surface area contributed by atoms with Gasteiger partial charge in [0.1, 0.15) is 5.60 Å². The van der Waals surface area contributed by atoms with E-state index in [4.69, 9.17) is 4.74 Å². The van der Waals surface area contributed by atoms with Gasteiger partial charge in [0.2, 0.25) is 0 Å². The smallest absolute Gasteiger partial charge is 0.331 e. The van der Waals surface area contributed by atoms with Gasteiger partial charge in [0.15, 0.2) is 0 Å². The SMILES string of the molecule is CCCCCCCCCCCCCCCCCCCC(OC(=O)C=CC(=O)O)(C(C)CCCCCCCCCCCCCCCC)C(C)CCCCCCCCCCCCCCCC. The van der Waals surface area contributed by atoms with E-state index in [0.717, 1.165) is 37.8 Å². The second kappa shape index (κ2) is 49.6. The summed E-state index contributed by atoms with van der Waals surface area (Å²) in [6.45, 7) is 11.6. The number of hydrogen-bond acceptors (Lipinski definition) is 3. The molecule has 4 nitrogen and oxygen atoms in total. The number of ether oxygens (including phenoxy) is 1. The Bertz CT molecular complexity index is 950. The highest BCUT2D eigenvalue weighted by molar-refractivity contribution is 5.90. The molecule has 0 radical (unpaired) electrons. The van der Waals surface area contributed by atoms with Crippen LogP contribution in [0.1, 0.15) is 343 Å². The lowest BCUT2D eigenvalue weighted by Gasteiger charge is -2.44. The molecule has 0 aliphatic carbocycles. The predicted molar refractivity (Wildman–Crippen MR) is 283 cm³/mol. The predicted octanol–water partition coefficient (Wildman–Crippen LogP) is 21.0. The summed E-state index contributed by atoms with van der Waals surface area (Å²) in [6, 6.07) is 0. The molecule has 0 saturated carbocycles. The van der Waals surface area contributed by atoms with Gasteiger partial charge in [-0.25, -0.2) is 9.59 Å². The monoisotopic (exact) mass is 901 g/mol. The van der Waals surface area contributed by atoms with Crippen LogP contribution in [0.2, 0.25) is 0 Å². The molecule has 0 aliphatic heterocycles. The van der Waals surface area contributed by atoms with Gasteiger partial charge in [0, 0.05) is 12.2 Å². The summed E-state index contributed by atoms with van der Waals surface area (Å²) in [4.78, 5) is 24.8. The van der Waals surface area contributed by atoms with E-state index in [1.54, 1.807) is 0 Å². The van der Waals surface area contributed by atoms with Crippen LogP contribution in [-0.2, 0) is 14.3 Å². The van der Waals surface area contributed by atoms with Crippen molar-refractivity contribution in [3.8, 4) is 0 Å². The van der Waals surface area contributed by atoms with E-state index in [0.29, 0.717) is 0 Å². The minimum atomic E-state index is -1.10. The number of carbonyl (C=O) groups excluding carboxylic acids is 1. The number of aliphatic carboxylic acids is 1. The fourth-order valence-electron chi connectivity index (χ4n) is 10.5. The van der Waals surface area contributed by atoms with Crippen molar-refractivity contribution >= 4 is 11.9 Å². The molecule has 4 heteroatoms. The zero-order valence-electron chi connectivity index (χ0n) is 44.4. The van der Waals surface area contributed by atoms with Crippen molar-refractivity contribution in [2.45, 2.75) is 348 Å². The second-order valence-corrected chi connectivity index (χ2v) is 21.0. The molecule has 0 rings (SSSR count). The Morgan fingerprint density at radius 1 is 0.359 bits per heavy atom. The Morgan fingerprint density at radius 2 is 0.578 bits per heavy atom. The largest absolute Gasteiger partial charge is 0.478 e. The summed E-state index contributed by atoms with van der Waals surface area (Å²) in [5, 5.41) is 9.34. The molecule has 0 bridgehead atoms. The van der Waals surface area contributed by atoms with E-state index in [2.05, 4.69) is 34.6 Å². The second-order valence-electron chi connectivity index (χ2n) is 21.0. The number of esters is 1. The average molecular weight is 902 g/mol. The minimum absolute atomic E-state index is 0.245. The first-order valence-corrected chi connectivity index (χ1v) is 29.5. The number of carboxylic acid groups (broad SMARTS) is 1. The first kappa shape index (κ1) is 62.7. The summed E-state index contributed by atoms with van der Waals surface area (Å²) >= 11 is 0. The van der Waals surface area contributed by atoms with Crippen LogP contribution in [0.5, 0.6) is 0 Å². The Morgan fingerprint density at radius 3 is 0.812 bits per heavy atom. The first-order valence-electron chi connectivity index (χ1n) is 29.5. The van der Waals surface area contributed by atoms with Crippen LogP contribution in [-0.4, -0.2) is 22.6 Å². The van der Waals surface area contributed by atoms with E-state index < -0.39 is 17.5 Å². The van der Waals surface area contributed by atoms with E-state index in [1.165, 1.54) is 283 Å². The first-order chi connectivity index (χ1) is 31.3. The molecule has 2 atom stereocenters. The van der Waals surface area contributed by atoms with Crippen LogP contribution in [0.3, 0.4) is 0 Å². The van der Waals surface area contributed by atoms with E-state index in [9.17, 15) is 14.7 Å². The minimum Gasteiger partial charge on any atom is -0.478 e. The molecule has 64 heavy (non-hydrogen) atoms. The highest BCUT2D eigenvalue weighted by Gasteiger charge is 2.43.